The zero-order valence-corrected chi connectivity index (χ0v) is 19.3. The fourth-order valence-electron chi connectivity index (χ4n) is 4.65. The third-order valence-electron chi connectivity index (χ3n) is 6.15. The van der Waals surface area contributed by atoms with Gasteiger partial charge in [-0.25, -0.2) is 9.97 Å². The van der Waals surface area contributed by atoms with Gasteiger partial charge < -0.3 is 38.2 Å². The highest BCUT2D eigenvalue weighted by atomic mass is 79.9. The summed E-state index contributed by atoms with van der Waals surface area (Å²) in [5.74, 6) is -0.399. The third-order valence-corrected chi connectivity index (χ3v) is 6.43. The summed E-state index contributed by atoms with van der Waals surface area (Å²) in [7, 11) is 0. The maximum absolute atomic E-state index is 12.5. The number of amides is 1. The fraction of sp³-hybridized carbons (Fsp3) is 0.400. The number of anilines is 2. The van der Waals surface area contributed by atoms with Crippen LogP contribution in [0, 0.1) is 11.3 Å². The van der Waals surface area contributed by atoms with Gasteiger partial charge in [0.2, 0.25) is 0 Å². The van der Waals surface area contributed by atoms with Crippen LogP contribution in [0.5, 0.6) is 0 Å². The van der Waals surface area contributed by atoms with Crippen molar-refractivity contribution in [1.29, 1.82) is 5.41 Å². The van der Waals surface area contributed by atoms with Gasteiger partial charge in [-0.3, -0.25) is 15.5 Å². The lowest BCUT2D eigenvalue weighted by molar-refractivity contribution is -0.956. The predicted molar refractivity (Wildman–Crippen MR) is 116 cm³/mol. The van der Waals surface area contributed by atoms with Crippen molar-refractivity contribution >= 4 is 35.1 Å². The second-order valence-electron chi connectivity index (χ2n) is 8.17. The van der Waals surface area contributed by atoms with E-state index in [1.54, 1.807) is 0 Å². The molecular formula is C20H26BrClN8O. The van der Waals surface area contributed by atoms with E-state index in [4.69, 9.17) is 28.5 Å². The Morgan fingerprint density at radius 2 is 1.84 bits per heavy atom. The van der Waals surface area contributed by atoms with Gasteiger partial charge in [-0.1, -0.05) is 41.9 Å². The lowest BCUT2D eigenvalue weighted by atomic mass is 9.81. The number of hydrogen-bond acceptors (Lipinski definition) is 6. The number of fused-ring (bicyclic) bond motifs is 3. The van der Waals surface area contributed by atoms with Crippen molar-refractivity contribution in [2.45, 2.75) is 25.4 Å². The Hall–Kier alpha value is -2.43. The number of benzene rings is 1. The van der Waals surface area contributed by atoms with Crippen LogP contribution in [-0.2, 0) is 6.54 Å². The van der Waals surface area contributed by atoms with Gasteiger partial charge in [0.25, 0.3) is 5.91 Å². The zero-order valence-electron chi connectivity index (χ0n) is 16.9. The van der Waals surface area contributed by atoms with Crippen LogP contribution >= 0.6 is 11.6 Å². The summed E-state index contributed by atoms with van der Waals surface area (Å²) < 4.78 is 1.01. The Morgan fingerprint density at radius 1 is 1.16 bits per heavy atom. The van der Waals surface area contributed by atoms with Crippen LogP contribution in [0.3, 0.4) is 0 Å². The molecule has 7 N–H and O–H groups in total. The first-order chi connectivity index (χ1) is 14.3. The van der Waals surface area contributed by atoms with Gasteiger partial charge in [-0.2, -0.15) is 0 Å². The highest BCUT2D eigenvalue weighted by Crippen LogP contribution is 2.35. The second-order valence-corrected chi connectivity index (χ2v) is 8.52. The minimum Gasteiger partial charge on any atom is -1.00 e. The molecule has 0 unspecified atom stereocenters. The fourth-order valence-corrected chi connectivity index (χ4v) is 4.77. The molecular weight excluding hydrogens is 484 g/mol. The Kier molecular flexibility index (Phi) is 7.03. The van der Waals surface area contributed by atoms with Crippen LogP contribution in [0.4, 0.5) is 11.6 Å². The molecule has 4 heterocycles. The number of quaternary nitrogens is 1. The molecule has 3 aliphatic rings. The van der Waals surface area contributed by atoms with Gasteiger partial charge >= 0.3 is 0 Å². The van der Waals surface area contributed by atoms with Crippen LogP contribution in [0.25, 0.3) is 0 Å². The van der Waals surface area contributed by atoms with E-state index >= 15 is 0 Å². The number of halogens is 2. The SMILES string of the molecule is N=C(NC(=O)c1nc(Cl)c(N)nc1N)N[C@@H]1C[N+]2(Cc3ccccc3)CCC1CC2.[Br-]. The van der Waals surface area contributed by atoms with Gasteiger partial charge in [-0.05, 0) is 5.92 Å². The summed E-state index contributed by atoms with van der Waals surface area (Å²) in [5, 5.41) is 13.8. The first-order valence-corrected chi connectivity index (χ1v) is 10.4. The quantitative estimate of drug-likeness (QED) is 0.190. The summed E-state index contributed by atoms with van der Waals surface area (Å²) in [6.45, 7) is 4.20. The summed E-state index contributed by atoms with van der Waals surface area (Å²) in [4.78, 5) is 20.2. The van der Waals surface area contributed by atoms with E-state index in [1.807, 2.05) is 6.07 Å². The molecule has 0 spiro atoms. The number of guanidine groups is 1. The average molecular weight is 510 g/mol. The molecule has 0 aliphatic carbocycles. The zero-order chi connectivity index (χ0) is 21.3. The Labute approximate surface area is 196 Å². The van der Waals surface area contributed by atoms with Gasteiger partial charge in [0.15, 0.2) is 28.4 Å². The highest BCUT2D eigenvalue weighted by Gasteiger charge is 2.46. The molecule has 1 aromatic heterocycles. The van der Waals surface area contributed by atoms with Crippen LogP contribution in [-0.4, -0.2) is 52.0 Å². The molecule has 3 fully saturated rings. The molecule has 0 saturated carbocycles. The summed E-state index contributed by atoms with van der Waals surface area (Å²) >= 11 is 5.84. The smallest absolute Gasteiger partial charge is 0.280 e. The van der Waals surface area contributed by atoms with E-state index in [2.05, 4.69) is 44.9 Å². The van der Waals surface area contributed by atoms with Crippen LogP contribution in [0.2, 0.25) is 5.15 Å². The average Bonchev–Trinajstić information content (AvgIpc) is 2.71. The molecule has 1 atom stereocenters. The van der Waals surface area contributed by atoms with Crippen molar-refractivity contribution in [1.82, 2.24) is 20.6 Å². The number of hydrogen-bond donors (Lipinski definition) is 5. The number of carbonyl (C=O) groups is 1. The van der Waals surface area contributed by atoms with Crippen molar-refractivity contribution < 1.29 is 26.3 Å². The highest BCUT2D eigenvalue weighted by molar-refractivity contribution is 6.31. The van der Waals surface area contributed by atoms with E-state index < -0.39 is 5.91 Å². The van der Waals surface area contributed by atoms with E-state index in [0.29, 0.717) is 5.92 Å². The van der Waals surface area contributed by atoms with E-state index in [-0.39, 0.29) is 51.5 Å². The molecule has 5 rings (SSSR count). The number of nitrogens with zero attached hydrogens (tertiary/aromatic N) is 3. The Bertz CT molecular complexity index is 965. The largest absolute Gasteiger partial charge is 1.00 e. The molecule has 2 aromatic rings. The predicted octanol–water partition coefficient (Wildman–Crippen LogP) is -1.64. The number of nitrogens with two attached hydrogens (primary N) is 2. The van der Waals surface area contributed by atoms with Gasteiger partial charge in [0, 0.05) is 18.4 Å². The van der Waals surface area contributed by atoms with E-state index in [1.165, 1.54) is 5.56 Å². The maximum atomic E-state index is 12.5. The molecule has 0 radical (unpaired) electrons. The topological polar surface area (TPSA) is 143 Å². The number of carbonyl (C=O) groups excluding carboxylic acids is 1. The number of rotatable bonds is 4. The van der Waals surface area contributed by atoms with Gasteiger partial charge in [0.05, 0.1) is 25.7 Å². The lowest BCUT2D eigenvalue weighted by Crippen LogP contribution is -3.00. The molecule has 31 heavy (non-hydrogen) atoms. The first kappa shape index (κ1) is 23.2. The molecule has 2 bridgehead atoms. The van der Waals surface area contributed by atoms with Crippen molar-refractivity contribution in [2.75, 3.05) is 31.1 Å². The van der Waals surface area contributed by atoms with Crippen molar-refractivity contribution in [2.24, 2.45) is 5.92 Å². The van der Waals surface area contributed by atoms with Crippen molar-refractivity contribution in [3.63, 3.8) is 0 Å². The lowest BCUT2D eigenvalue weighted by Gasteiger charge is -2.53. The standard InChI is InChI=1S/C20H25ClN8O.BrH/c21-16-18(23)27-17(22)15(26-16)19(30)28-20(24)25-14-11-29(8-6-13(14)7-9-29)10-12-4-2-1-3-5-12;/h1-5,13-14H,6-11H2,(H6-,22,23,24,25,27,28,30);1H/t13?,14-,29?;/m1./s1. The number of piperidine rings is 3. The Balaban J connectivity index is 0.00000272. The number of nitrogens with one attached hydrogen (secondary N) is 3. The molecule has 3 aliphatic heterocycles. The summed E-state index contributed by atoms with van der Waals surface area (Å²) in [6, 6.07) is 10.6. The molecule has 11 heteroatoms. The van der Waals surface area contributed by atoms with Gasteiger partial charge in [0.1, 0.15) is 6.54 Å². The van der Waals surface area contributed by atoms with Crippen molar-refractivity contribution in [3.05, 3.63) is 46.7 Å². The molecule has 3 saturated heterocycles. The first-order valence-electron chi connectivity index (χ1n) is 9.99. The minimum absolute atomic E-state index is 0. The molecule has 1 amide bonds. The third kappa shape index (κ3) is 5.08. The van der Waals surface area contributed by atoms with Crippen LogP contribution < -0.4 is 39.1 Å². The molecule has 166 valence electrons. The van der Waals surface area contributed by atoms with E-state index in [9.17, 15) is 4.79 Å². The maximum Gasteiger partial charge on any atom is 0.280 e. The van der Waals surface area contributed by atoms with Crippen LogP contribution in [0.1, 0.15) is 28.9 Å². The monoisotopic (exact) mass is 508 g/mol. The van der Waals surface area contributed by atoms with Crippen LogP contribution in [0.15, 0.2) is 30.3 Å². The summed E-state index contributed by atoms with van der Waals surface area (Å²) in [6.07, 6.45) is 2.22. The van der Waals surface area contributed by atoms with E-state index in [0.717, 1.165) is 43.5 Å². The number of aromatic nitrogens is 2. The van der Waals surface area contributed by atoms with Crippen molar-refractivity contribution in [3.8, 4) is 0 Å². The summed E-state index contributed by atoms with van der Waals surface area (Å²) in [5.41, 5.74) is 12.4. The van der Waals surface area contributed by atoms with Gasteiger partial charge in [-0.15, -0.1) is 0 Å². The second kappa shape index (κ2) is 9.37. The molecule has 9 nitrogen and oxygen atoms in total. The molecule has 1 aromatic carbocycles. The normalized spacial score (nSPS) is 24.2. The minimum atomic E-state index is -0.645. The number of nitrogen functional groups attached to an aromatic ring is 2. The Morgan fingerprint density at radius 3 is 2.52 bits per heavy atom.